The molecule has 2 aromatic carbocycles. The van der Waals surface area contributed by atoms with Crippen LogP contribution in [0.1, 0.15) is 16.7 Å². The van der Waals surface area contributed by atoms with Gasteiger partial charge in [-0.1, -0.05) is 48.2 Å². The molecule has 0 amide bonds. The minimum atomic E-state index is -4.36. The van der Waals surface area contributed by atoms with Gasteiger partial charge in [0.15, 0.2) is 5.96 Å². The molecule has 0 unspecified atom stereocenters. The predicted octanol–water partition coefficient (Wildman–Crippen LogP) is 3.46. The van der Waals surface area contributed by atoms with E-state index in [1.54, 1.807) is 13.1 Å². The molecule has 26 heavy (non-hydrogen) atoms. The fourth-order valence-corrected chi connectivity index (χ4v) is 2.24. The maximum atomic E-state index is 12.7. The van der Waals surface area contributed by atoms with Crippen molar-refractivity contribution in [1.82, 2.24) is 10.6 Å². The molecule has 2 aromatic rings. The number of alkyl halides is 3. The van der Waals surface area contributed by atoms with Gasteiger partial charge in [0.25, 0.3) is 0 Å². The number of benzene rings is 2. The van der Waals surface area contributed by atoms with Crippen molar-refractivity contribution in [2.45, 2.75) is 12.6 Å². The van der Waals surface area contributed by atoms with Crippen LogP contribution in [0, 0.1) is 11.8 Å². The molecule has 0 aliphatic heterocycles. The predicted molar refractivity (Wildman–Crippen MR) is 97.8 cm³/mol. The molecule has 0 aromatic heterocycles. The van der Waals surface area contributed by atoms with E-state index in [9.17, 15) is 13.2 Å². The summed E-state index contributed by atoms with van der Waals surface area (Å²) in [6.07, 6.45) is -3.50. The summed E-state index contributed by atoms with van der Waals surface area (Å²) in [7, 11) is 1.65. The molecule has 0 aliphatic carbocycles. The third-order valence-corrected chi connectivity index (χ3v) is 3.54. The van der Waals surface area contributed by atoms with Crippen LogP contribution in [0.15, 0.2) is 59.6 Å². The second kappa shape index (κ2) is 9.52. The van der Waals surface area contributed by atoms with Crippen molar-refractivity contribution >= 4 is 5.96 Å². The largest absolute Gasteiger partial charge is 0.416 e. The molecule has 0 saturated carbocycles. The first kappa shape index (κ1) is 19.4. The van der Waals surface area contributed by atoms with Gasteiger partial charge in [0.1, 0.15) is 0 Å². The van der Waals surface area contributed by atoms with Gasteiger partial charge in [0.05, 0.1) is 12.1 Å². The molecule has 2 N–H and O–H groups in total. The van der Waals surface area contributed by atoms with Gasteiger partial charge in [0.2, 0.25) is 0 Å². The van der Waals surface area contributed by atoms with E-state index in [1.165, 1.54) is 11.6 Å². The maximum absolute atomic E-state index is 12.7. The number of halogens is 3. The molecule has 0 saturated heterocycles. The third-order valence-electron chi connectivity index (χ3n) is 3.54. The highest BCUT2D eigenvalue weighted by molar-refractivity contribution is 5.79. The van der Waals surface area contributed by atoms with Gasteiger partial charge in [0, 0.05) is 19.2 Å². The van der Waals surface area contributed by atoms with Gasteiger partial charge < -0.3 is 10.6 Å². The van der Waals surface area contributed by atoms with Crippen LogP contribution in [0.2, 0.25) is 0 Å². The summed E-state index contributed by atoms with van der Waals surface area (Å²) in [6, 6.07) is 15.0. The van der Waals surface area contributed by atoms with Crippen molar-refractivity contribution in [2.75, 3.05) is 20.1 Å². The Bertz CT molecular complexity index is 787. The Morgan fingerprint density at radius 1 is 1.04 bits per heavy atom. The Balaban J connectivity index is 1.80. The summed E-state index contributed by atoms with van der Waals surface area (Å²) < 4.78 is 38.0. The van der Waals surface area contributed by atoms with Gasteiger partial charge in [-0.15, -0.1) is 0 Å². The Morgan fingerprint density at radius 3 is 2.50 bits per heavy atom. The molecular weight excluding hydrogens is 339 g/mol. The van der Waals surface area contributed by atoms with Gasteiger partial charge in [-0.2, -0.15) is 13.2 Å². The molecule has 0 fully saturated rings. The summed E-state index contributed by atoms with van der Waals surface area (Å²) in [5.74, 6) is 6.12. The normalized spacial score (nSPS) is 11.5. The second-order valence-electron chi connectivity index (χ2n) is 5.47. The van der Waals surface area contributed by atoms with Crippen LogP contribution in [0.25, 0.3) is 0 Å². The monoisotopic (exact) mass is 359 g/mol. The Kier molecular flexibility index (Phi) is 7.10. The zero-order valence-electron chi connectivity index (χ0n) is 14.4. The van der Waals surface area contributed by atoms with Crippen molar-refractivity contribution in [3.63, 3.8) is 0 Å². The lowest BCUT2D eigenvalue weighted by atomic mass is 10.1. The van der Waals surface area contributed by atoms with E-state index < -0.39 is 11.7 Å². The van der Waals surface area contributed by atoms with E-state index in [2.05, 4.69) is 39.6 Å². The SMILES string of the molecule is CN=C(NCC#Cc1cccc(C(F)(F)F)c1)NCCc1ccccc1. The van der Waals surface area contributed by atoms with Crippen molar-refractivity contribution in [3.8, 4) is 11.8 Å². The molecule has 2 rings (SSSR count). The summed E-state index contributed by atoms with van der Waals surface area (Å²) >= 11 is 0. The molecule has 0 bridgehead atoms. The number of nitrogens with one attached hydrogen (secondary N) is 2. The molecule has 3 nitrogen and oxygen atoms in total. The molecule has 0 atom stereocenters. The fourth-order valence-electron chi connectivity index (χ4n) is 2.24. The number of aliphatic imine (C=N–C) groups is 1. The average Bonchev–Trinajstić information content (AvgIpc) is 2.64. The van der Waals surface area contributed by atoms with E-state index in [1.807, 2.05) is 18.2 Å². The fraction of sp³-hybridized carbons (Fsp3) is 0.250. The summed E-state index contributed by atoms with van der Waals surface area (Å²) in [5, 5.41) is 6.18. The van der Waals surface area contributed by atoms with Crippen LogP contribution in [-0.4, -0.2) is 26.1 Å². The first-order valence-electron chi connectivity index (χ1n) is 8.13. The van der Waals surface area contributed by atoms with Gasteiger partial charge in [-0.3, -0.25) is 4.99 Å². The standard InChI is InChI=1S/C20H20F3N3/c1-24-19(26-14-12-16-7-3-2-4-8-16)25-13-6-10-17-9-5-11-18(15-17)20(21,22)23/h2-5,7-9,11,15H,12-14H2,1H3,(H2,24,25,26). The van der Waals surface area contributed by atoms with Crippen molar-refractivity contribution in [1.29, 1.82) is 0 Å². The Morgan fingerprint density at radius 2 is 1.81 bits per heavy atom. The van der Waals surface area contributed by atoms with Crippen LogP contribution < -0.4 is 10.6 Å². The van der Waals surface area contributed by atoms with Crippen LogP contribution in [-0.2, 0) is 12.6 Å². The minimum Gasteiger partial charge on any atom is -0.356 e. The third kappa shape index (κ3) is 6.52. The Hall–Kier alpha value is -2.94. The molecular formula is C20H20F3N3. The van der Waals surface area contributed by atoms with E-state index >= 15 is 0 Å². The van der Waals surface area contributed by atoms with E-state index in [-0.39, 0.29) is 6.54 Å². The number of hydrogen-bond donors (Lipinski definition) is 2. The first-order chi connectivity index (χ1) is 12.5. The molecule has 6 heteroatoms. The minimum absolute atomic E-state index is 0.279. The molecule has 0 spiro atoms. The highest BCUT2D eigenvalue weighted by Gasteiger charge is 2.30. The number of rotatable bonds is 4. The number of hydrogen-bond acceptors (Lipinski definition) is 1. The molecule has 0 radical (unpaired) electrons. The van der Waals surface area contributed by atoms with Gasteiger partial charge in [-0.05, 0) is 30.2 Å². The van der Waals surface area contributed by atoms with E-state index in [0.29, 0.717) is 18.1 Å². The van der Waals surface area contributed by atoms with Gasteiger partial charge >= 0.3 is 6.18 Å². The highest BCUT2D eigenvalue weighted by atomic mass is 19.4. The first-order valence-corrected chi connectivity index (χ1v) is 8.13. The van der Waals surface area contributed by atoms with E-state index in [0.717, 1.165) is 18.6 Å². The average molecular weight is 359 g/mol. The van der Waals surface area contributed by atoms with Crippen molar-refractivity contribution in [2.24, 2.45) is 4.99 Å². The highest BCUT2D eigenvalue weighted by Crippen LogP contribution is 2.29. The molecule has 136 valence electrons. The lowest BCUT2D eigenvalue weighted by Gasteiger charge is -2.09. The quantitative estimate of drug-likeness (QED) is 0.498. The number of nitrogens with zero attached hydrogens (tertiary/aromatic N) is 1. The van der Waals surface area contributed by atoms with Crippen LogP contribution in [0.4, 0.5) is 13.2 Å². The summed E-state index contributed by atoms with van der Waals surface area (Å²) in [5.41, 5.74) is 0.851. The summed E-state index contributed by atoms with van der Waals surface area (Å²) in [4.78, 5) is 4.09. The van der Waals surface area contributed by atoms with Crippen LogP contribution in [0.3, 0.4) is 0 Å². The molecule has 0 heterocycles. The molecule has 0 aliphatic rings. The van der Waals surface area contributed by atoms with Crippen molar-refractivity contribution in [3.05, 3.63) is 71.3 Å². The smallest absolute Gasteiger partial charge is 0.356 e. The van der Waals surface area contributed by atoms with Gasteiger partial charge in [-0.25, -0.2) is 0 Å². The van der Waals surface area contributed by atoms with Crippen molar-refractivity contribution < 1.29 is 13.2 Å². The van der Waals surface area contributed by atoms with Crippen LogP contribution >= 0.6 is 0 Å². The Labute approximate surface area is 151 Å². The summed E-state index contributed by atoms with van der Waals surface area (Å²) in [6.45, 7) is 0.992. The zero-order chi connectivity index (χ0) is 18.8. The number of guanidine groups is 1. The lowest BCUT2D eigenvalue weighted by Crippen LogP contribution is -2.38. The lowest BCUT2D eigenvalue weighted by molar-refractivity contribution is -0.137. The van der Waals surface area contributed by atoms with E-state index in [4.69, 9.17) is 0 Å². The second-order valence-corrected chi connectivity index (χ2v) is 5.47. The zero-order valence-corrected chi connectivity index (χ0v) is 14.4. The van der Waals surface area contributed by atoms with Crippen LogP contribution in [0.5, 0.6) is 0 Å². The topological polar surface area (TPSA) is 36.4 Å². The maximum Gasteiger partial charge on any atom is 0.416 e.